The van der Waals surface area contributed by atoms with Gasteiger partial charge in [0.1, 0.15) is 5.82 Å². The van der Waals surface area contributed by atoms with Crippen molar-refractivity contribution in [2.75, 3.05) is 19.6 Å². The van der Waals surface area contributed by atoms with Crippen LogP contribution in [0.5, 0.6) is 0 Å². The van der Waals surface area contributed by atoms with Gasteiger partial charge in [-0.25, -0.2) is 13.4 Å². The lowest BCUT2D eigenvalue weighted by molar-refractivity contribution is 0.0952. The van der Waals surface area contributed by atoms with Gasteiger partial charge in [-0.3, -0.25) is 4.79 Å². The molecule has 1 saturated heterocycles. The Balaban J connectivity index is 1.34. The zero-order valence-corrected chi connectivity index (χ0v) is 16.0. The van der Waals surface area contributed by atoms with Crippen LogP contribution in [0.25, 0.3) is 0 Å². The summed E-state index contributed by atoms with van der Waals surface area (Å²) >= 11 is 0. The predicted octanol–water partition coefficient (Wildman–Crippen LogP) is 1.97. The van der Waals surface area contributed by atoms with Crippen molar-refractivity contribution in [1.29, 1.82) is 0 Å². The van der Waals surface area contributed by atoms with E-state index in [1.165, 1.54) is 29.3 Å². The summed E-state index contributed by atoms with van der Waals surface area (Å²) in [6.07, 6.45) is 7.93. The first-order chi connectivity index (χ1) is 13.1. The van der Waals surface area contributed by atoms with Crippen LogP contribution in [0.3, 0.4) is 0 Å². The molecular weight excluding hydrogens is 364 g/mol. The molecule has 1 amide bonds. The normalized spacial score (nSPS) is 17.9. The van der Waals surface area contributed by atoms with Crippen molar-refractivity contribution < 1.29 is 13.2 Å². The Hall–Kier alpha value is -2.19. The zero-order valence-electron chi connectivity index (χ0n) is 15.2. The van der Waals surface area contributed by atoms with Gasteiger partial charge in [0.15, 0.2) is 0 Å². The number of carbonyl (C=O) groups is 1. The first-order valence-electron chi connectivity index (χ1n) is 9.45. The van der Waals surface area contributed by atoms with Gasteiger partial charge in [0, 0.05) is 50.1 Å². The van der Waals surface area contributed by atoms with E-state index in [9.17, 15) is 13.2 Å². The van der Waals surface area contributed by atoms with E-state index in [0.29, 0.717) is 37.7 Å². The molecule has 1 N–H and O–H groups in total. The molecule has 1 aliphatic carbocycles. The fourth-order valence-corrected chi connectivity index (χ4v) is 4.98. The lowest BCUT2D eigenvalue weighted by atomic mass is 10.2. The van der Waals surface area contributed by atoms with Crippen LogP contribution in [-0.2, 0) is 16.6 Å². The highest BCUT2D eigenvalue weighted by atomic mass is 32.2. The Bertz CT molecular complexity index is 911. The molecule has 0 bridgehead atoms. The molecule has 27 heavy (non-hydrogen) atoms. The van der Waals surface area contributed by atoms with Gasteiger partial charge in [0.05, 0.1) is 4.90 Å². The van der Waals surface area contributed by atoms with E-state index < -0.39 is 10.0 Å². The smallest absolute Gasteiger partial charge is 0.251 e. The Morgan fingerprint density at radius 3 is 2.52 bits per heavy atom. The van der Waals surface area contributed by atoms with Crippen molar-refractivity contribution in [3.8, 4) is 0 Å². The highest BCUT2D eigenvalue weighted by Gasteiger charge is 2.28. The first kappa shape index (κ1) is 18.2. The summed E-state index contributed by atoms with van der Waals surface area (Å²) in [7, 11) is -3.44. The van der Waals surface area contributed by atoms with Gasteiger partial charge in [0.2, 0.25) is 10.0 Å². The standard InChI is InChI=1S/C19H24N4O3S/c24-19(21-10-14-22-13-9-20-18(22)15-3-4-15)16-5-7-17(8-6-16)27(25,26)23-11-1-2-12-23/h5-9,13,15H,1-4,10-12,14H2,(H,21,24). The third-order valence-electron chi connectivity index (χ3n) is 5.15. The largest absolute Gasteiger partial charge is 0.350 e. The Kier molecular flexibility index (Phi) is 5.01. The molecule has 0 unspecified atom stereocenters. The average Bonchev–Trinajstić information content (AvgIpc) is 3.17. The topological polar surface area (TPSA) is 84.3 Å². The molecule has 0 spiro atoms. The lowest BCUT2D eigenvalue weighted by Gasteiger charge is -2.15. The molecule has 2 aromatic rings. The van der Waals surface area contributed by atoms with Crippen LogP contribution < -0.4 is 5.32 Å². The van der Waals surface area contributed by atoms with E-state index in [1.54, 1.807) is 18.3 Å². The van der Waals surface area contributed by atoms with Gasteiger partial charge in [-0.05, 0) is 49.9 Å². The molecule has 1 aliphatic heterocycles. The number of aromatic nitrogens is 2. The molecule has 0 atom stereocenters. The van der Waals surface area contributed by atoms with Crippen molar-refractivity contribution in [3.63, 3.8) is 0 Å². The van der Waals surface area contributed by atoms with E-state index in [-0.39, 0.29) is 10.8 Å². The summed E-state index contributed by atoms with van der Waals surface area (Å²) < 4.78 is 28.6. The summed E-state index contributed by atoms with van der Waals surface area (Å²) in [5, 5.41) is 2.89. The molecule has 2 aliphatic rings. The number of imidazole rings is 1. The second kappa shape index (κ2) is 7.44. The summed E-state index contributed by atoms with van der Waals surface area (Å²) in [6, 6.07) is 6.18. The number of rotatable bonds is 7. The number of carbonyl (C=O) groups excluding carboxylic acids is 1. The van der Waals surface area contributed by atoms with Crippen LogP contribution in [0.4, 0.5) is 0 Å². The first-order valence-corrected chi connectivity index (χ1v) is 10.9. The fourth-order valence-electron chi connectivity index (χ4n) is 3.46. The van der Waals surface area contributed by atoms with Crippen LogP contribution in [0, 0.1) is 0 Å². The highest BCUT2D eigenvalue weighted by molar-refractivity contribution is 7.89. The summed E-state index contributed by atoms with van der Waals surface area (Å²) in [5.41, 5.74) is 0.461. The Morgan fingerprint density at radius 2 is 1.85 bits per heavy atom. The number of benzene rings is 1. The Labute approximate surface area is 159 Å². The van der Waals surface area contributed by atoms with Crippen molar-refractivity contribution in [3.05, 3.63) is 48.0 Å². The number of amides is 1. The van der Waals surface area contributed by atoms with Crippen LogP contribution in [0.2, 0.25) is 0 Å². The third-order valence-corrected chi connectivity index (χ3v) is 7.06. The quantitative estimate of drug-likeness (QED) is 0.786. The van der Waals surface area contributed by atoms with Gasteiger partial charge in [-0.2, -0.15) is 4.31 Å². The van der Waals surface area contributed by atoms with Gasteiger partial charge in [0.25, 0.3) is 5.91 Å². The minimum atomic E-state index is -3.44. The average molecular weight is 388 g/mol. The lowest BCUT2D eigenvalue weighted by Crippen LogP contribution is -2.29. The van der Waals surface area contributed by atoms with E-state index in [0.717, 1.165) is 18.7 Å². The second-order valence-electron chi connectivity index (χ2n) is 7.14. The van der Waals surface area contributed by atoms with Crippen LogP contribution >= 0.6 is 0 Å². The van der Waals surface area contributed by atoms with Gasteiger partial charge in [-0.1, -0.05) is 0 Å². The highest BCUT2D eigenvalue weighted by Crippen LogP contribution is 2.38. The summed E-state index contributed by atoms with van der Waals surface area (Å²) in [4.78, 5) is 17.0. The minimum absolute atomic E-state index is 0.201. The molecule has 1 aromatic carbocycles. The molecule has 8 heteroatoms. The number of sulfonamides is 1. The van der Waals surface area contributed by atoms with Crippen molar-refractivity contribution in [2.24, 2.45) is 0 Å². The second-order valence-corrected chi connectivity index (χ2v) is 9.08. The number of nitrogens with zero attached hydrogens (tertiary/aromatic N) is 3. The SMILES string of the molecule is O=C(NCCn1ccnc1C1CC1)c1ccc(S(=O)(=O)N2CCCC2)cc1. The molecule has 4 rings (SSSR count). The maximum Gasteiger partial charge on any atom is 0.251 e. The van der Waals surface area contributed by atoms with Crippen molar-refractivity contribution >= 4 is 15.9 Å². The molecule has 7 nitrogen and oxygen atoms in total. The number of hydrogen-bond acceptors (Lipinski definition) is 4. The van der Waals surface area contributed by atoms with Crippen LogP contribution in [0.1, 0.15) is 47.8 Å². The maximum atomic E-state index is 12.5. The van der Waals surface area contributed by atoms with Crippen LogP contribution in [0.15, 0.2) is 41.6 Å². The minimum Gasteiger partial charge on any atom is -0.350 e. The van der Waals surface area contributed by atoms with Crippen molar-refractivity contribution in [2.45, 2.75) is 43.0 Å². The predicted molar refractivity (Wildman–Crippen MR) is 101 cm³/mol. The summed E-state index contributed by atoms with van der Waals surface area (Å²) in [5.74, 6) is 1.47. The van der Waals surface area contributed by atoms with Crippen LogP contribution in [-0.4, -0.2) is 47.8 Å². The number of nitrogens with one attached hydrogen (secondary N) is 1. The fraction of sp³-hybridized carbons (Fsp3) is 0.474. The molecule has 144 valence electrons. The Morgan fingerprint density at radius 1 is 1.15 bits per heavy atom. The summed E-state index contributed by atoms with van der Waals surface area (Å²) in [6.45, 7) is 2.32. The molecule has 1 aromatic heterocycles. The van der Waals surface area contributed by atoms with E-state index in [1.807, 2.05) is 6.20 Å². The molecule has 1 saturated carbocycles. The van der Waals surface area contributed by atoms with Gasteiger partial charge in [-0.15, -0.1) is 0 Å². The third kappa shape index (κ3) is 3.91. The van der Waals surface area contributed by atoms with E-state index >= 15 is 0 Å². The van der Waals surface area contributed by atoms with E-state index in [4.69, 9.17) is 0 Å². The molecular formula is C19H24N4O3S. The molecule has 2 fully saturated rings. The maximum absolute atomic E-state index is 12.5. The number of hydrogen-bond donors (Lipinski definition) is 1. The zero-order chi connectivity index (χ0) is 18.9. The monoisotopic (exact) mass is 388 g/mol. The molecule has 2 heterocycles. The van der Waals surface area contributed by atoms with Gasteiger partial charge < -0.3 is 9.88 Å². The molecule has 0 radical (unpaired) electrons. The van der Waals surface area contributed by atoms with Crippen molar-refractivity contribution in [1.82, 2.24) is 19.2 Å². The van der Waals surface area contributed by atoms with Gasteiger partial charge >= 0.3 is 0 Å². The van der Waals surface area contributed by atoms with E-state index in [2.05, 4.69) is 14.9 Å².